The van der Waals surface area contributed by atoms with Crippen molar-refractivity contribution < 1.29 is 25.2 Å². The molecule has 0 spiro atoms. The standard InChI is InChI=1S/C40H26N6O.Pd/c1-40(2,3)30-9-8-14-35-36(30)26-18-16-24(20-28(26)38-43-31-10-4-6-12-33(31)45(35)38)47-23-15-17-25-27(19-23)39-44-32-11-5-7-13-34(32)46(39)37-29(25)21-41-22-42-37;/h4-18,21-22H,1-3H3;/q-2;+2. The Morgan fingerprint density at radius 3 is 1.92 bits per heavy atom. The smallest absolute Gasteiger partial charge is 0.497 e. The normalized spacial score (nSPS) is 12.3. The van der Waals surface area contributed by atoms with Gasteiger partial charge in [0.15, 0.2) is 0 Å². The number of benzene rings is 5. The van der Waals surface area contributed by atoms with E-state index in [2.05, 4.69) is 100 Å². The summed E-state index contributed by atoms with van der Waals surface area (Å²) in [6.45, 7) is 6.78. The van der Waals surface area contributed by atoms with Gasteiger partial charge in [0.25, 0.3) is 0 Å². The Kier molecular flexibility index (Phi) is 6.17. The van der Waals surface area contributed by atoms with Crippen molar-refractivity contribution in [3.8, 4) is 11.5 Å². The van der Waals surface area contributed by atoms with Gasteiger partial charge in [-0.1, -0.05) is 103 Å². The van der Waals surface area contributed by atoms with Gasteiger partial charge in [0.2, 0.25) is 0 Å². The third kappa shape index (κ3) is 4.03. The minimum atomic E-state index is -0.0656. The average Bonchev–Trinajstić information content (AvgIpc) is 3.68. The zero-order valence-electron chi connectivity index (χ0n) is 26.2. The molecule has 5 aromatic carbocycles. The quantitative estimate of drug-likeness (QED) is 0.102. The van der Waals surface area contributed by atoms with Crippen LogP contribution in [0.1, 0.15) is 26.3 Å². The molecule has 0 aliphatic rings. The van der Waals surface area contributed by atoms with Crippen molar-refractivity contribution in [2.45, 2.75) is 26.2 Å². The van der Waals surface area contributed by atoms with Gasteiger partial charge in [0.1, 0.15) is 12.0 Å². The molecule has 0 radical (unpaired) electrons. The van der Waals surface area contributed by atoms with Crippen molar-refractivity contribution in [2.75, 3.05) is 0 Å². The molecule has 0 saturated heterocycles. The van der Waals surface area contributed by atoms with Crippen LogP contribution in [-0.4, -0.2) is 28.7 Å². The molecule has 0 fully saturated rings. The summed E-state index contributed by atoms with van der Waals surface area (Å²) >= 11 is 0. The maximum Gasteiger partial charge on any atom is 2.00 e. The summed E-state index contributed by atoms with van der Waals surface area (Å²) in [7, 11) is 0. The van der Waals surface area contributed by atoms with Gasteiger partial charge < -0.3 is 13.5 Å². The van der Waals surface area contributed by atoms with E-state index in [9.17, 15) is 0 Å². The van der Waals surface area contributed by atoms with Gasteiger partial charge in [-0.25, -0.2) is 9.97 Å². The second kappa shape index (κ2) is 10.3. The zero-order valence-corrected chi connectivity index (χ0v) is 27.8. The monoisotopic (exact) mass is 712 g/mol. The Bertz CT molecular complexity index is 2940. The third-order valence-electron chi connectivity index (χ3n) is 9.18. The van der Waals surface area contributed by atoms with Crippen LogP contribution >= 0.6 is 0 Å². The van der Waals surface area contributed by atoms with Crippen molar-refractivity contribution in [1.29, 1.82) is 0 Å². The van der Waals surface area contributed by atoms with Crippen LogP contribution in [0, 0.1) is 12.1 Å². The maximum absolute atomic E-state index is 6.55. The summed E-state index contributed by atoms with van der Waals surface area (Å²) in [5.41, 5.74) is 8.64. The van der Waals surface area contributed by atoms with E-state index in [4.69, 9.17) is 14.7 Å². The molecule has 10 rings (SSSR count). The number of imidazole rings is 2. The van der Waals surface area contributed by atoms with E-state index >= 15 is 0 Å². The van der Waals surface area contributed by atoms with Crippen LogP contribution in [0.25, 0.3) is 76.8 Å². The number of nitrogens with zero attached hydrogens (tertiary/aromatic N) is 6. The maximum atomic E-state index is 6.55. The molecule has 0 amide bonds. The molecular weight excluding hydrogens is 687 g/mol. The fraction of sp³-hybridized carbons (Fsp3) is 0.100. The van der Waals surface area contributed by atoms with E-state index in [-0.39, 0.29) is 25.8 Å². The summed E-state index contributed by atoms with van der Waals surface area (Å²) in [5.74, 6) is 1.15. The van der Waals surface area contributed by atoms with Crippen LogP contribution in [-0.2, 0) is 25.8 Å². The largest absolute Gasteiger partial charge is 2.00 e. The van der Waals surface area contributed by atoms with Crippen molar-refractivity contribution in [2.24, 2.45) is 0 Å². The Hall–Kier alpha value is -5.42. The molecule has 8 heteroatoms. The fourth-order valence-electron chi connectivity index (χ4n) is 7.14. The molecule has 0 saturated carbocycles. The number of hydrogen-bond donors (Lipinski definition) is 0. The third-order valence-corrected chi connectivity index (χ3v) is 9.18. The van der Waals surface area contributed by atoms with Gasteiger partial charge in [0.05, 0.1) is 33.4 Å². The Morgan fingerprint density at radius 1 is 0.604 bits per heavy atom. The number of pyridine rings is 2. The van der Waals surface area contributed by atoms with Crippen molar-refractivity contribution in [3.63, 3.8) is 0 Å². The topological polar surface area (TPSA) is 69.6 Å². The predicted molar refractivity (Wildman–Crippen MR) is 187 cm³/mol. The van der Waals surface area contributed by atoms with Crippen molar-refractivity contribution in [3.05, 3.63) is 121 Å². The minimum Gasteiger partial charge on any atom is -0.497 e. The summed E-state index contributed by atoms with van der Waals surface area (Å²) in [6.07, 6.45) is 3.42. The van der Waals surface area contributed by atoms with Crippen LogP contribution in [0.3, 0.4) is 0 Å². The summed E-state index contributed by atoms with van der Waals surface area (Å²) < 4.78 is 10.9. The molecule has 5 aromatic heterocycles. The number of aromatic nitrogens is 6. The summed E-state index contributed by atoms with van der Waals surface area (Å²) in [6, 6.07) is 38.2. The SMILES string of the molecule is CC(C)(C)c1cccc2c1c1ccc(Oc3[c-]c4c(cc3)c3cncnc3n3c5ccccc5nc43)[c-]c1c1nc3ccccc3n21.[Pd+2]. The molecular formula is C40H26N6OPd. The Labute approximate surface area is 288 Å². The van der Waals surface area contributed by atoms with Gasteiger partial charge in [-0.3, -0.25) is 9.97 Å². The summed E-state index contributed by atoms with van der Waals surface area (Å²) in [5, 5.41) is 5.94. The number of para-hydroxylation sites is 4. The van der Waals surface area contributed by atoms with Crippen LogP contribution in [0.5, 0.6) is 11.5 Å². The fourth-order valence-corrected chi connectivity index (χ4v) is 7.14. The molecule has 0 aliphatic heterocycles. The van der Waals surface area contributed by atoms with Gasteiger partial charge >= 0.3 is 20.4 Å². The molecule has 0 unspecified atom stereocenters. The first-order valence-electron chi connectivity index (χ1n) is 15.7. The molecule has 232 valence electrons. The Morgan fingerprint density at radius 2 is 1.21 bits per heavy atom. The number of rotatable bonds is 2. The second-order valence-electron chi connectivity index (χ2n) is 13.1. The van der Waals surface area contributed by atoms with Crippen LogP contribution < -0.4 is 4.74 Å². The molecule has 0 aliphatic carbocycles. The molecule has 0 atom stereocenters. The zero-order chi connectivity index (χ0) is 31.4. The van der Waals surface area contributed by atoms with Crippen LogP contribution in [0.4, 0.5) is 0 Å². The first-order chi connectivity index (χ1) is 22.9. The van der Waals surface area contributed by atoms with E-state index in [0.717, 1.165) is 71.5 Å². The van der Waals surface area contributed by atoms with Gasteiger partial charge in [-0.15, -0.1) is 12.1 Å². The first-order valence-corrected chi connectivity index (χ1v) is 15.7. The summed E-state index contributed by atoms with van der Waals surface area (Å²) in [4.78, 5) is 19.1. The van der Waals surface area contributed by atoms with E-state index < -0.39 is 0 Å². The first kappa shape index (κ1) is 28.8. The van der Waals surface area contributed by atoms with E-state index in [1.165, 1.54) is 10.9 Å². The average molecular weight is 713 g/mol. The molecule has 0 bridgehead atoms. The second-order valence-corrected chi connectivity index (χ2v) is 13.1. The van der Waals surface area contributed by atoms with Gasteiger partial charge in [-0.2, -0.15) is 0 Å². The molecule has 48 heavy (non-hydrogen) atoms. The molecule has 5 heterocycles. The van der Waals surface area contributed by atoms with E-state index in [1.54, 1.807) is 6.33 Å². The Balaban J connectivity index is 0.00000314. The van der Waals surface area contributed by atoms with E-state index in [1.807, 2.05) is 48.7 Å². The van der Waals surface area contributed by atoms with Crippen molar-refractivity contribution >= 4 is 76.8 Å². The van der Waals surface area contributed by atoms with Crippen LogP contribution in [0.2, 0.25) is 0 Å². The van der Waals surface area contributed by atoms with Gasteiger partial charge in [-0.05, 0) is 46.7 Å². The van der Waals surface area contributed by atoms with Crippen LogP contribution in [0.15, 0.2) is 104 Å². The van der Waals surface area contributed by atoms with Gasteiger partial charge in [0, 0.05) is 28.6 Å². The number of hydrogen-bond acceptors (Lipinski definition) is 5. The van der Waals surface area contributed by atoms with E-state index in [0.29, 0.717) is 11.5 Å². The molecule has 0 N–H and O–H groups in total. The molecule has 10 aromatic rings. The number of ether oxygens (including phenoxy) is 1. The minimum absolute atomic E-state index is 0. The number of fused-ring (bicyclic) bond motifs is 16. The van der Waals surface area contributed by atoms with Crippen molar-refractivity contribution in [1.82, 2.24) is 28.7 Å². The molecule has 7 nitrogen and oxygen atoms in total. The predicted octanol–water partition coefficient (Wildman–Crippen LogP) is 9.38.